The number of carbonyl (C=O) groups excluding carboxylic acids is 2. The quantitative estimate of drug-likeness (QED) is 0.367. The van der Waals surface area contributed by atoms with E-state index < -0.39 is 5.97 Å². The monoisotopic (exact) mass is 500 g/mol. The van der Waals surface area contributed by atoms with Crippen LogP contribution in [-0.4, -0.2) is 46.6 Å². The molecule has 3 aromatic rings. The number of amides is 1. The number of anilines is 1. The third kappa shape index (κ3) is 5.28. The highest BCUT2D eigenvalue weighted by molar-refractivity contribution is 7.99. The lowest BCUT2D eigenvalue weighted by Gasteiger charge is -2.18. The van der Waals surface area contributed by atoms with Crippen LogP contribution in [0.25, 0.3) is 0 Å². The number of nitrogens with one attached hydrogen (secondary N) is 1. The molecule has 2 aromatic heterocycles. The maximum atomic E-state index is 12.7. The number of methoxy groups -OCH3 is 2. The second-order valence-electron chi connectivity index (χ2n) is 8.37. The zero-order valence-corrected chi connectivity index (χ0v) is 21.3. The van der Waals surface area contributed by atoms with Gasteiger partial charge in [0.05, 0.1) is 25.5 Å². The van der Waals surface area contributed by atoms with Crippen molar-refractivity contribution in [1.29, 1.82) is 0 Å². The summed E-state index contributed by atoms with van der Waals surface area (Å²) in [7, 11) is 4.90. The van der Waals surface area contributed by atoms with Crippen molar-refractivity contribution in [2.45, 2.75) is 37.8 Å². The summed E-state index contributed by atoms with van der Waals surface area (Å²) in [6.07, 6.45) is 3.41. The SMILES string of the molecule is COC(=O)c1c(NC(=O)CSc2nnc(Cc3ccc(OC)cc3)n2C)sc2c1CCC(C)C2. The predicted molar refractivity (Wildman–Crippen MR) is 133 cm³/mol. The second-order valence-corrected chi connectivity index (χ2v) is 10.4. The van der Waals surface area contributed by atoms with E-state index in [0.29, 0.717) is 28.1 Å². The number of benzene rings is 1. The van der Waals surface area contributed by atoms with E-state index in [9.17, 15) is 9.59 Å². The average molecular weight is 501 g/mol. The van der Waals surface area contributed by atoms with Crippen LogP contribution < -0.4 is 10.1 Å². The van der Waals surface area contributed by atoms with Gasteiger partial charge in [0.1, 0.15) is 16.6 Å². The van der Waals surface area contributed by atoms with Crippen molar-refractivity contribution in [2.75, 3.05) is 25.3 Å². The molecule has 2 heterocycles. The Labute approximate surface area is 207 Å². The third-order valence-electron chi connectivity index (χ3n) is 5.93. The molecule has 1 N–H and O–H groups in total. The Kier molecular flexibility index (Phi) is 7.57. The molecule has 1 aliphatic rings. The van der Waals surface area contributed by atoms with Crippen LogP contribution in [0.15, 0.2) is 29.4 Å². The van der Waals surface area contributed by atoms with E-state index >= 15 is 0 Å². The van der Waals surface area contributed by atoms with Crippen molar-refractivity contribution < 1.29 is 19.1 Å². The second kappa shape index (κ2) is 10.6. The molecule has 0 bridgehead atoms. The Morgan fingerprint density at radius 3 is 2.71 bits per heavy atom. The minimum absolute atomic E-state index is 0.161. The molecule has 34 heavy (non-hydrogen) atoms. The molecule has 0 fully saturated rings. The van der Waals surface area contributed by atoms with Gasteiger partial charge in [-0.25, -0.2) is 4.79 Å². The van der Waals surface area contributed by atoms with Crippen molar-refractivity contribution in [3.05, 3.63) is 51.7 Å². The largest absolute Gasteiger partial charge is 0.497 e. The van der Waals surface area contributed by atoms with Gasteiger partial charge in [0.25, 0.3) is 0 Å². The van der Waals surface area contributed by atoms with Crippen LogP contribution in [0.1, 0.15) is 45.5 Å². The zero-order chi connectivity index (χ0) is 24.2. The number of fused-ring (bicyclic) bond motifs is 1. The molecule has 0 saturated carbocycles. The maximum Gasteiger partial charge on any atom is 0.341 e. The van der Waals surface area contributed by atoms with E-state index in [0.717, 1.165) is 42.0 Å². The Balaban J connectivity index is 1.40. The molecule has 1 atom stereocenters. The van der Waals surface area contributed by atoms with Crippen LogP contribution in [-0.2, 0) is 35.8 Å². The summed E-state index contributed by atoms with van der Waals surface area (Å²) in [6.45, 7) is 2.21. The number of aromatic nitrogens is 3. The van der Waals surface area contributed by atoms with Crippen molar-refractivity contribution >= 4 is 40.0 Å². The van der Waals surface area contributed by atoms with Crippen LogP contribution in [0, 0.1) is 5.92 Å². The summed E-state index contributed by atoms with van der Waals surface area (Å²) < 4.78 is 12.1. The highest BCUT2D eigenvalue weighted by Crippen LogP contribution is 2.40. The van der Waals surface area contributed by atoms with Gasteiger partial charge in [0.2, 0.25) is 5.91 Å². The number of esters is 1. The molecular weight excluding hydrogens is 472 g/mol. The van der Waals surface area contributed by atoms with Gasteiger partial charge in [0, 0.05) is 18.3 Å². The summed E-state index contributed by atoms with van der Waals surface area (Å²) in [5.74, 6) is 1.75. The van der Waals surface area contributed by atoms with Crippen molar-refractivity contribution in [2.24, 2.45) is 13.0 Å². The molecule has 10 heteroatoms. The number of ether oxygens (including phenoxy) is 2. The van der Waals surface area contributed by atoms with Crippen LogP contribution >= 0.6 is 23.1 Å². The van der Waals surface area contributed by atoms with Crippen LogP contribution in [0.4, 0.5) is 5.00 Å². The summed E-state index contributed by atoms with van der Waals surface area (Å²) >= 11 is 2.80. The molecule has 4 rings (SSSR count). The number of rotatable bonds is 8. The summed E-state index contributed by atoms with van der Waals surface area (Å²) in [5, 5.41) is 12.7. The first-order valence-corrected chi connectivity index (χ1v) is 12.9. The van der Waals surface area contributed by atoms with E-state index in [4.69, 9.17) is 9.47 Å². The molecule has 0 radical (unpaired) electrons. The van der Waals surface area contributed by atoms with Gasteiger partial charge in [-0.1, -0.05) is 30.8 Å². The van der Waals surface area contributed by atoms with E-state index in [-0.39, 0.29) is 11.7 Å². The number of hydrogen-bond donors (Lipinski definition) is 1. The summed E-state index contributed by atoms with van der Waals surface area (Å²) in [5.41, 5.74) is 2.62. The van der Waals surface area contributed by atoms with Gasteiger partial charge in [-0.15, -0.1) is 21.5 Å². The Morgan fingerprint density at radius 1 is 1.24 bits per heavy atom. The molecule has 0 aliphatic heterocycles. The molecule has 1 aromatic carbocycles. The highest BCUT2D eigenvalue weighted by atomic mass is 32.2. The zero-order valence-electron chi connectivity index (χ0n) is 19.7. The maximum absolute atomic E-state index is 12.7. The van der Waals surface area contributed by atoms with Gasteiger partial charge >= 0.3 is 5.97 Å². The smallest absolute Gasteiger partial charge is 0.341 e. The fourth-order valence-electron chi connectivity index (χ4n) is 4.00. The minimum atomic E-state index is -0.397. The van der Waals surface area contributed by atoms with Crippen molar-refractivity contribution in [3.63, 3.8) is 0 Å². The first-order chi connectivity index (χ1) is 16.4. The first-order valence-electron chi connectivity index (χ1n) is 11.1. The number of hydrogen-bond acceptors (Lipinski definition) is 8. The molecule has 1 aliphatic carbocycles. The van der Waals surface area contributed by atoms with E-state index in [1.807, 2.05) is 35.9 Å². The lowest BCUT2D eigenvalue weighted by Crippen LogP contribution is -2.17. The number of carbonyl (C=O) groups is 2. The first kappa shape index (κ1) is 24.3. The van der Waals surface area contributed by atoms with E-state index in [1.54, 1.807) is 7.11 Å². The van der Waals surface area contributed by atoms with Gasteiger partial charge in [-0.2, -0.15) is 0 Å². The summed E-state index contributed by atoms with van der Waals surface area (Å²) in [6, 6.07) is 7.82. The predicted octanol–water partition coefficient (Wildman–Crippen LogP) is 4.12. The molecule has 0 saturated heterocycles. The van der Waals surface area contributed by atoms with Crippen molar-refractivity contribution in [3.8, 4) is 5.75 Å². The van der Waals surface area contributed by atoms with Crippen LogP contribution in [0.5, 0.6) is 5.75 Å². The molecule has 8 nitrogen and oxygen atoms in total. The summed E-state index contributed by atoms with van der Waals surface area (Å²) in [4.78, 5) is 26.4. The Bertz CT molecular complexity index is 1190. The van der Waals surface area contributed by atoms with Crippen molar-refractivity contribution in [1.82, 2.24) is 14.8 Å². The fourth-order valence-corrected chi connectivity index (χ4v) is 6.15. The number of nitrogens with zero attached hydrogens (tertiary/aromatic N) is 3. The molecular formula is C24H28N4O4S2. The van der Waals surface area contributed by atoms with Gasteiger partial charge < -0.3 is 19.4 Å². The van der Waals surface area contributed by atoms with Gasteiger partial charge in [0.15, 0.2) is 5.16 Å². The van der Waals surface area contributed by atoms with E-state index in [2.05, 4.69) is 22.4 Å². The molecule has 180 valence electrons. The normalized spacial score (nSPS) is 15.0. The van der Waals surface area contributed by atoms with Gasteiger partial charge in [-0.05, 0) is 48.4 Å². The molecule has 1 unspecified atom stereocenters. The topological polar surface area (TPSA) is 95.3 Å². The lowest BCUT2D eigenvalue weighted by atomic mass is 9.88. The van der Waals surface area contributed by atoms with Crippen LogP contribution in [0.3, 0.4) is 0 Å². The van der Waals surface area contributed by atoms with E-state index in [1.165, 1.54) is 35.1 Å². The van der Waals surface area contributed by atoms with Gasteiger partial charge in [-0.3, -0.25) is 4.79 Å². The fraction of sp³-hybridized carbons (Fsp3) is 0.417. The molecule has 0 spiro atoms. The number of thiophene rings is 1. The third-order valence-corrected chi connectivity index (χ3v) is 8.12. The van der Waals surface area contributed by atoms with Crippen LogP contribution in [0.2, 0.25) is 0 Å². The molecule has 1 amide bonds. The minimum Gasteiger partial charge on any atom is -0.497 e. The lowest BCUT2D eigenvalue weighted by molar-refractivity contribution is -0.113. The Morgan fingerprint density at radius 2 is 2.00 bits per heavy atom. The highest BCUT2D eigenvalue weighted by Gasteiger charge is 2.29. The standard InChI is InChI=1S/C24H28N4O4S2/c1-14-5-10-17-18(11-14)34-22(21(17)23(30)32-4)25-20(29)13-33-24-27-26-19(28(24)2)12-15-6-8-16(31-3)9-7-15/h6-9,14H,5,10-13H2,1-4H3,(H,25,29). The Hall–Kier alpha value is -2.85. The average Bonchev–Trinajstić information content (AvgIpc) is 3.36. The number of thioether (sulfide) groups is 1.